The first-order valence-electron chi connectivity index (χ1n) is 7.19. The average molecular weight is 238 g/mol. The monoisotopic (exact) mass is 238 g/mol. The first-order chi connectivity index (χ1) is 8.75. The summed E-state index contributed by atoms with van der Waals surface area (Å²) in [5, 5.41) is 0. The zero-order chi connectivity index (χ0) is 12.5. The minimum absolute atomic E-state index is 0.718. The highest BCUT2D eigenvalue weighted by Gasteiger charge is 2.27. The summed E-state index contributed by atoms with van der Waals surface area (Å²) in [6.07, 6.45) is 10.2. The first kappa shape index (κ1) is 11.8. The van der Waals surface area contributed by atoms with Crippen LogP contribution < -0.4 is 0 Å². The van der Waals surface area contributed by atoms with Crippen LogP contribution in [0.5, 0.6) is 0 Å². The second-order valence-electron chi connectivity index (χ2n) is 5.83. The minimum Gasteiger partial charge on any atom is -0.0807 e. The highest BCUT2D eigenvalue weighted by Crippen LogP contribution is 2.41. The number of hydrogen-bond donors (Lipinski definition) is 0. The Balaban J connectivity index is 1.91. The van der Waals surface area contributed by atoms with Gasteiger partial charge in [0.15, 0.2) is 0 Å². The smallest absolute Gasteiger partial charge is 0.00930 e. The van der Waals surface area contributed by atoms with Gasteiger partial charge in [-0.1, -0.05) is 47.6 Å². The third-order valence-electron chi connectivity index (χ3n) is 4.71. The predicted molar refractivity (Wildman–Crippen MR) is 77.7 cm³/mol. The lowest BCUT2D eigenvalue weighted by atomic mass is 9.72. The van der Waals surface area contributed by atoms with Crippen molar-refractivity contribution in [3.63, 3.8) is 0 Å². The summed E-state index contributed by atoms with van der Waals surface area (Å²) in [5.41, 5.74) is 6.15. The number of aryl methyl sites for hydroxylation is 1. The molecule has 1 unspecified atom stereocenters. The Bertz CT molecular complexity index is 505. The Morgan fingerprint density at radius 1 is 1.06 bits per heavy atom. The summed E-state index contributed by atoms with van der Waals surface area (Å²) >= 11 is 0. The van der Waals surface area contributed by atoms with E-state index >= 15 is 0 Å². The normalized spacial score (nSPS) is 27.2. The van der Waals surface area contributed by atoms with Crippen molar-refractivity contribution in [1.82, 2.24) is 0 Å². The van der Waals surface area contributed by atoms with E-state index < -0.39 is 0 Å². The molecule has 3 rings (SSSR count). The van der Waals surface area contributed by atoms with E-state index in [9.17, 15) is 0 Å². The molecule has 0 saturated carbocycles. The van der Waals surface area contributed by atoms with Gasteiger partial charge in [-0.3, -0.25) is 0 Å². The van der Waals surface area contributed by atoms with Crippen LogP contribution in [0.15, 0.2) is 47.6 Å². The van der Waals surface area contributed by atoms with Crippen LogP contribution in [0, 0.1) is 5.92 Å². The molecule has 0 radical (unpaired) electrons. The Morgan fingerprint density at radius 2 is 1.89 bits per heavy atom. The van der Waals surface area contributed by atoms with Crippen molar-refractivity contribution < 1.29 is 0 Å². The molecule has 0 spiro atoms. The fourth-order valence-electron chi connectivity index (χ4n) is 3.51. The lowest BCUT2D eigenvalue weighted by Gasteiger charge is -2.32. The molecule has 0 aliphatic heterocycles. The van der Waals surface area contributed by atoms with Crippen LogP contribution in [0.3, 0.4) is 0 Å². The van der Waals surface area contributed by atoms with Gasteiger partial charge in [0.2, 0.25) is 0 Å². The second-order valence-corrected chi connectivity index (χ2v) is 5.83. The lowest BCUT2D eigenvalue weighted by molar-refractivity contribution is 0.439. The van der Waals surface area contributed by atoms with Crippen LogP contribution in [0.25, 0.3) is 0 Å². The number of benzene rings is 1. The molecule has 0 aromatic heterocycles. The Kier molecular flexibility index (Phi) is 3.11. The number of rotatable bonds is 1. The van der Waals surface area contributed by atoms with Crippen molar-refractivity contribution in [3.8, 4) is 0 Å². The van der Waals surface area contributed by atoms with E-state index in [1.165, 1.54) is 36.8 Å². The summed E-state index contributed by atoms with van der Waals surface area (Å²) in [7, 11) is 0. The molecule has 1 aromatic rings. The number of fused-ring (bicyclic) bond motifs is 1. The van der Waals surface area contributed by atoms with Crippen LogP contribution in [0.1, 0.15) is 50.2 Å². The maximum absolute atomic E-state index is 2.52. The van der Waals surface area contributed by atoms with E-state index in [1.807, 2.05) is 0 Å². The summed E-state index contributed by atoms with van der Waals surface area (Å²) in [5.74, 6) is 1.46. The van der Waals surface area contributed by atoms with E-state index in [4.69, 9.17) is 0 Å². The Morgan fingerprint density at radius 3 is 2.72 bits per heavy atom. The Hall–Kier alpha value is -1.30. The van der Waals surface area contributed by atoms with Gasteiger partial charge in [-0.15, -0.1) is 0 Å². The van der Waals surface area contributed by atoms with Crippen LogP contribution in [-0.2, 0) is 6.42 Å². The number of hydrogen-bond acceptors (Lipinski definition) is 0. The Labute approximate surface area is 110 Å². The standard InChI is InChI=1S/C18H22/c1-13-10-11-16(12-14(13)2)18-9-5-7-15-6-3-4-8-17(15)18/h3-4,6,8,10,12,16,18H,5,7,9,11H2,1-2H3/t16?,18-/m0/s1. The van der Waals surface area contributed by atoms with Crippen molar-refractivity contribution in [1.29, 1.82) is 0 Å². The highest BCUT2D eigenvalue weighted by molar-refractivity contribution is 5.37. The van der Waals surface area contributed by atoms with E-state index in [-0.39, 0.29) is 0 Å². The highest BCUT2D eigenvalue weighted by atomic mass is 14.3. The molecular formula is C18H22. The summed E-state index contributed by atoms with van der Waals surface area (Å²) in [6, 6.07) is 9.07. The molecule has 0 N–H and O–H groups in total. The quantitative estimate of drug-likeness (QED) is 0.644. The van der Waals surface area contributed by atoms with Crippen molar-refractivity contribution in [2.45, 2.75) is 45.4 Å². The zero-order valence-corrected chi connectivity index (χ0v) is 11.4. The van der Waals surface area contributed by atoms with Gasteiger partial charge >= 0.3 is 0 Å². The van der Waals surface area contributed by atoms with Crippen molar-refractivity contribution in [3.05, 3.63) is 58.7 Å². The lowest BCUT2D eigenvalue weighted by Crippen LogP contribution is -2.18. The van der Waals surface area contributed by atoms with Crippen molar-refractivity contribution in [2.75, 3.05) is 0 Å². The summed E-state index contributed by atoms with van der Waals surface area (Å²) in [4.78, 5) is 0. The fourth-order valence-corrected chi connectivity index (χ4v) is 3.51. The molecule has 0 fully saturated rings. The minimum atomic E-state index is 0.718. The summed E-state index contributed by atoms with van der Waals surface area (Å²) < 4.78 is 0. The van der Waals surface area contributed by atoms with Crippen LogP contribution in [0.4, 0.5) is 0 Å². The molecule has 2 aliphatic rings. The molecule has 0 nitrogen and oxygen atoms in total. The molecule has 0 amide bonds. The van der Waals surface area contributed by atoms with E-state index in [0.717, 1.165) is 11.8 Å². The molecule has 0 heterocycles. The van der Waals surface area contributed by atoms with Gasteiger partial charge in [0.1, 0.15) is 0 Å². The molecule has 1 aromatic carbocycles. The van der Waals surface area contributed by atoms with E-state index in [2.05, 4.69) is 50.3 Å². The van der Waals surface area contributed by atoms with Crippen LogP contribution in [0.2, 0.25) is 0 Å². The van der Waals surface area contributed by atoms with Gasteiger partial charge in [-0.2, -0.15) is 0 Å². The van der Waals surface area contributed by atoms with Crippen LogP contribution in [-0.4, -0.2) is 0 Å². The average Bonchev–Trinajstić information content (AvgIpc) is 2.41. The van der Waals surface area contributed by atoms with Gasteiger partial charge < -0.3 is 0 Å². The van der Waals surface area contributed by atoms with Crippen molar-refractivity contribution in [2.24, 2.45) is 5.92 Å². The third-order valence-corrected chi connectivity index (χ3v) is 4.71. The first-order valence-corrected chi connectivity index (χ1v) is 7.19. The van der Waals surface area contributed by atoms with E-state index in [0.29, 0.717) is 0 Å². The topological polar surface area (TPSA) is 0 Å². The molecule has 0 bridgehead atoms. The predicted octanol–water partition coefficient (Wildman–Crippen LogP) is 5.02. The fraction of sp³-hybridized carbons (Fsp3) is 0.444. The maximum atomic E-state index is 2.52. The molecule has 94 valence electrons. The van der Waals surface area contributed by atoms with Gasteiger partial charge in [0, 0.05) is 0 Å². The van der Waals surface area contributed by atoms with Crippen LogP contribution >= 0.6 is 0 Å². The SMILES string of the molecule is CC1=CCC([C@@H]2CCCc3ccccc32)C=C1C. The largest absolute Gasteiger partial charge is 0.0807 e. The molecule has 2 aliphatic carbocycles. The number of allylic oxidation sites excluding steroid dienone is 4. The zero-order valence-electron chi connectivity index (χ0n) is 11.4. The molecule has 18 heavy (non-hydrogen) atoms. The maximum Gasteiger partial charge on any atom is -0.00930 e. The summed E-state index contributed by atoms with van der Waals surface area (Å²) in [6.45, 7) is 4.49. The molecular weight excluding hydrogens is 216 g/mol. The molecule has 0 heteroatoms. The third kappa shape index (κ3) is 2.05. The molecule has 2 atom stereocenters. The van der Waals surface area contributed by atoms with Gasteiger partial charge in [-0.05, 0) is 62.5 Å². The van der Waals surface area contributed by atoms with Gasteiger partial charge in [0.25, 0.3) is 0 Å². The van der Waals surface area contributed by atoms with Crippen molar-refractivity contribution >= 4 is 0 Å². The molecule has 0 saturated heterocycles. The second kappa shape index (κ2) is 4.76. The van der Waals surface area contributed by atoms with E-state index in [1.54, 1.807) is 11.1 Å². The van der Waals surface area contributed by atoms with Gasteiger partial charge in [-0.25, -0.2) is 0 Å². The van der Waals surface area contributed by atoms with Gasteiger partial charge in [0.05, 0.1) is 0 Å².